The van der Waals surface area contributed by atoms with Crippen LogP contribution in [0.15, 0.2) is 4.99 Å². The molecule has 0 spiro atoms. The van der Waals surface area contributed by atoms with E-state index in [1.807, 2.05) is 11.8 Å². The third-order valence-electron chi connectivity index (χ3n) is 3.36. The van der Waals surface area contributed by atoms with Gasteiger partial charge in [0.25, 0.3) is 0 Å². The minimum Gasteiger partial charge on any atom is -0.357 e. The van der Waals surface area contributed by atoms with Crippen LogP contribution in [0.3, 0.4) is 0 Å². The quantitative estimate of drug-likeness (QED) is 0.252. The van der Waals surface area contributed by atoms with Gasteiger partial charge in [-0.1, -0.05) is 0 Å². The van der Waals surface area contributed by atoms with E-state index in [2.05, 4.69) is 40.7 Å². The van der Waals surface area contributed by atoms with Crippen LogP contribution < -0.4 is 10.0 Å². The number of nitrogens with one attached hydrogen (secondary N) is 2. The highest BCUT2D eigenvalue weighted by atomic mass is 127. The van der Waals surface area contributed by atoms with Crippen molar-refractivity contribution in [2.75, 3.05) is 44.2 Å². The molecule has 9 heteroatoms. The summed E-state index contributed by atoms with van der Waals surface area (Å²) in [6.45, 7) is 12.1. The van der Waals surface area contributed by atoms with E-state index < -0.39 is 10.0 Å². The molecule has 1 fully saturated rings. The van der Waals surface area contributed by atoms with Crippen LogP contribution in [0.2, 0.25) is 0 Å². The molecule has 1 aliphatic rings. The van der Waals surface area contributed by atoms with Gasteiger partial charge in [-0.25, -0.2) is 13.1 Å². The van der Waals surface area contributed by atoms with Gasteiger partial charge in [0.15, 0.2) is 5.96 Å². The highest BCUT2D eigenvalue weighted by Crippen LogP contribution is 2.29. The third kappa shape index (κ3) is 9.35. The maximum Gasteiger partial charge on any atom is 0.211 e. The van der Waals surface area contributed by atoms with E-state index in [9.17, 15) is 8.42 Å². The van der Waals surface area contributed by atoms with Gasteiger partial charge in [0, 0.05) is 43.2 Å². The van der Waals surface area contributed by atoms with Crippen molar-refractivity contribution in [3.8, 4) is 0 Å². The molecular formula is C14H31IN4O2S2. The van der Waals surface area contributed by atoms with Crippen molar-refractivity contribution < 1.29 is 8.42 Å². The van der Waals surface area contributed by atoms with E-state index in [4.69, 9.17) is 0 Å². The first kappa shape index (κ1) is 23.3. The molecule has 6 nitrogen and oxygen atoms in total. The van der Waals surface area contributed by atoms with Crippen LogP contribution in [0.1, 0.15) is 34.1 Å². The molecule has 0 amide bonds. The van der Waals surface area contributed by atoms with E-state index in [1.165, 1.54) is 0 Å². The number of hydrogen-bond donors (Lipinski definition) is 2. The topological polar surface area (TPSA) is 73.8 Å². The normalized spacial score (nSPS) is 18.4. The summed E-state index contributed by atoms with van der Waals surface area (Å²) in [5, 5.41) is 3.34. The molecule has 0 unspecified atom stereocenters. The summed E-state index contributed by atoms with van der Waals surface area (Å²) in [7, 11) is -3.09. The highest BCUT2D eigenvalue weighted by molar-refractivity contribution is 14.0. The lowest BCUT2D eigenvalue weighted by molar-refractivity contribution is 0.376. The van der Waals surface area contributed by atoms with Gasteiger partial charge in [-0.15, -0.1) is 24.0 Å². The average molecular weight is 478 g/mol. The van der Waals surface area contributed by atoms with Gasteiger partial charge in [-0.05, 0) is 34.1 Å². The van der Waals surface area contributed by atoms with Crippen molar-refractivity contribution in [3.63, 3.8) is 0 Å². The van der Waals surface area contributed by atoms with Gasteiger partial charge in [-0.2, -0.15) is 11.8 Å². The SMILES string of the molecule is CCNC(=NCCCNS(=O)(=O)CC)N1CCSC(C)(C)C1.I. The van der Waals surface area contributed by atoms with E-state index in [0.29, 0.717) is 19.5 Å². The molecule has 1 saturated heterocycles. The second-order valence-corrected chi connectivity index (χ2v) is 9.81. The number of thioether (sulfide) groups is 1. The number of guanidine groups is 1. The van der Waals surface area contributed by atoms with Crippen molar-refractivity contribution in [2.45, 2.75) is 38.9 Å². The molecule has 1 rings (SSSR count). The van der Waals surface area contributed by atoms with E-state index in [1.54, 1.807) is 6.92 Å². The van der Waals surface area contributed by atoms with Gasteiger partial charge >= 0.3 is 0 Å². The number of nitrogens with zero attached hydrogens (tertiary/aromatic N) is 2. The van der Waals surface area contributed by atoms with E-state index in [0.717, 1.165) is 31.3 Å². The summed E-state index contributed by atoms with van der Waals surface area (Å²) in [6.07, 6.45) is 0.708. The van der Waals surface area contributed by atoms with Crippen LogP contribution in [0.5, 0.6) is 0 Å². The first-order chi connectivity index (χ1) is 10.3. The molecule has 0 atom stereocenters. The second-order valence-electron chi connectivity index (χ2n) is 5.92. The van der Waals surface area contributed by atoms with Gasteiger partial charge in [0.05, 0.1) is 5.75 Å². The van der Waals surface area contributed by atoms with Crippen molar-refractivity contribution >= 4 is 51.7 Å². The Morgan fingerprint density at radius 1 is 1.35 bits per heavy atom. The van der Waals surface area contributed by atoms with Gasteiger partial charge in [0.2, 0.25) is 10.0 Å². The Morgan fingerprint density at radius 3 is 2.61 bits per heavy atom. The molecule has 0 saturated carbocycles. The lowest BCUT2D eigenvalue weighted by Crippen LogP contribution is -2.51. The van der Waals surface area contributed by atoms with Crippen molar-refractivity contribution in [3.05, 3.63) is 0 Å². The Kier molecular flexibility index (Phi) is 11.1. The summed E-state index contributed by atoms with van der Waals surface area (Å²) in [6, 6.07) is 0. The predicted molar refractivity (Wildman–Crippen MR) is 112 cm³/mol. The maximum atomic E-state index is 11.3. The average Bonchev–Trinajstić information content (AvgIpc) is 2.44. The number of aliphatic imine (C=N–C) groups is 1. The number of rotatable bonds is 7. The molecule has 0 bridgehead atoms. The third-order valence-corrected chi connectivity index (χ3v) is 6.06. The van der Waals surface area contributed by atoms with E-state index >= 15 is 0 Å². The Labute approximate surface area is 162 Å². The zero-order chi connectivity index (χ0) is 16.6. The van der Waals surface area contributed by atoms with Gasteiger partial charge in [-0.3, -0.25) is 4.99 Å². The summed E-state index contributed by atoms with van der Waals surface area (Å²) >= 11 is 2.00. The number of hydrogen-bond acceptors (Lipinski definition) is 4. The number of sulfonamides is 1. The molecule has 1 heterocycles. The minimum absolute atomic E-state index is 0. The molecule has 0 aliphatic carbocycles. The maximum absolute atomic E-state index is 11.3. The molecule has 1 aliphatic heterocycles. The summed E-state index contributed by atoms with van der Waals surface area (Å²) in [4.78, 5) is 6.94. The number of halogens is 1. The van der Waals surface area contributed by atoms with Crippen molar-refractivity contribution in [1.82, 2.24) is 14.9 Å². The molecular weight excluding hydrogens is 447 g/mol. The van der Waals surface area contributed by atoms with Crippen LogP contribution in [0.4, 0.5) is 0 Å². The molecule has 138 valence electrons. The lowest BCUT2D eigenvalue weighted by Gasteiger charge is -2.39. The van der Waals surface area contributed by atoms with Crippen molar-refractivity contribution in [1.29, 1.82) is 0 Å². The Balaban J connectivity index is 0.00000484. The summed E-state index contributed by atoms with van der Waals surface area (Å²) in [5.74, 6) is 2.17. The van der Waals surface area contributed by atoms with Crippen LogP contribution in [-0.4, -0.2) is 68.3 Å². The molecule has 0 aromatic heterocycles. The fraction of sp³-hybridized carbons (Fsp3) is 0.929. The largest absolute Gasteiger partial charge is 0.357 e. The van der Waals surface area contributed by atoms with Crippen molar-refractivity contribution in [2.24, 2.45) is 4.99 Å². The molecule has 2 N–H and O–H groups in total. The summed E-state index contributed by atoms with van der Waals surface area (Å²) in [5.41, 5.74) is 0. The molecule has 23 heavy (non-hydrogen) atoms. The minimum atomic E-state index is -3.09. The standard InChI is InChI=1S/C14H30N4O2S2.HI/c1-5-15-13(18-10-11-21-14(3,4)12-18)16-8-7-9-17-22(19,20)6-2;/h17H,5-12H2,1-4H3,(H,15,16);1H. The fourth-order valence-corrected chi connectivity index (χ4v) is 3.99. The Morgan fingerprint density at radius 2 is 2.04 bits per heavy atom. The van der Waals surface area contributed by atoms with Crippen LogP contribution >= 0.6 is 35.7 Å². The van der Waals surface area contributed by atoms with Gasteiger partial charge in [0.1, 0.15) is 0 Å². The fourth-order valence-electron chi connectivity index (χ4n) is 2.22. The second kappa shape index (κ2) is 11.0. The molecule has 0 aromatic rings. The van der Waals surface area contributed by atoms with Gasteiger partial charge < -0.3 is 10.2 Å². The molecule has 0 aromatic carbocycles. The van der Waals surface area contributed by atoms with Crippen LogP contribution in [0.25, 0.3) is 0 Å². The lowest BCUT2D eigenvalue weighted by atomic mass is 10.2. The summed E-state index contributed by atoms with van der Waals surface area (Å²) < 4.78 is 25.5. The zero-order valence-electron chi connectivity index (χ0n) is 14.6. The predicted octanol–water partition coefficient (Wildman–Crippen LogP) is 1.73. The first-order valence-corrected chi connectivity index (χ1v) is 10.6. The highest BCUT2D eigenvalue weighted by Gasteiger charge is 2.28. The monoisotopic (exact) mass is 478 g/mol. The Hall–Kier alpha value is 0.260. The van der Waals surface area contributed by atoms with E-state index in [-0.39, 0.29) is 34.5 Å². The first-order valence-electron chi connectivity index (χ1n) is 7.94. The zero-order valence-corrected chi connectivity index (χ0v) is 18.6. The smallest absolute Gasteiger partial charge is 0.211 e. The van der Waals surface area contributed by atoms with Crippen LogP contribution in [0, 0.1) is 0 Å². The van der Waals surface area contributed by atoms with Crippen LogP contribution in [-0.2, 0) is 10.0 Å². The Bertz CT molecular complexity index is 469. The molecule has 0 radical (unpaired) electrons.